The molecule has 0 spiro atoms. The van der Waals surface area contributed by atoms with E-state index in [9.17, 15) is 0 Å². The lowest BCUT2D eigenvalue weighted by molar-refractivity contribution is -0.0250. The zero-order valence-electron chi connectivity index (χ0n) is 24.9. The average Bonchev–Trinajstić information content (AvgIpc) is 2.95. The largest absolute Gasteiger partial charge is 0.379 e. The highest BCUT2D eigenvalue weighted by atomic mass is 127. The second-order valence-electron chi connectivity index (χ2n) is 9.03. The Bertz CT molecular complexity index is 386. The number of rotatable bonds is 36. The highest BCUT2D eigenvalue weighted by Gasteiger charge is 1.96. The molecule has 0 aliphatic rings. The van der Waals surface area contributed by atoms with Gasteiger partial charge in [0.25, 0.3) is 0 Å². The lowest BCUT2D eigenvalue weighted by Gasteiger charge is -2.09. The van der Waals surface area contributed by atoms with E-state index in [4.69, 9.17) is 42.6 Å². The molecule has 0 radical (unpaired) electrons. The fourth-order valence-electron chi connectivity index (χ4n) is 3.32. The number of unbranched alkanes of at least 4 members (excludes halogenated alkanes) is 7. The summed E-state index contributed by atoms with van der Waals surface area (Å²) in [6.45, 7) is 13.1. The number of hydrogen-bond acceptors (Lipinski definition) is 9. The van der Waals surface area contributed by atoms with Gasteiger partial charge in [-0.05, 0) is 23.7 Å². The van der Waals surface area contributed by atoms with Gasteiger partial charge in [0.1, 0.15) is 0 Å². The van der Waals surface area contributed by atoms with Crippen LogP contribution in [0.5, 0.6) is 0 Å². The molecule has 0 saturated heterocycles. The molecule has 0 unspecified atom stereocenters. The highest BCUT2D eigenvalue weighted by molar-refractivity contribution is 14.1. The SMILES string of the molecule is CCCCCCCOCCOCCOCCOCCOCCOCCOCCOCCOCCCCCCI. The molecule has 0 aliphatic carbocycles. The predicted octanol–water partition coefficient (Wildman–Crippen LogP) is 5.10. The van der Waals surface area contributed by atoms with Gasteiger partial charge in [0.05, 0.1) is 106 Å². The Balaban J connectivity index is 3.01. The van der Waals surface area contributed by atoms with Gasteiger partial charge in [0.15, 0.2) is 0 Å². The van der Waals surface area contributed by atoms with Crippen LogP contribution in [-0.2, 0) is 42.6 Å². The van der Waals surface area contributed by atoms with Crippen LogP contribution < -0.4 is 0 Å². The van der Waals surface area contributed by atoms with Crippen LogP contribution in [0.25, 0.3) is 0 Å². The third-order valence-electron chi connectivity index (χ3n) is 5.54. The van der Waals surface area contributed by atoms with Gasteiger partial charge < -0.3 is 42.6 Å². The molecule has 0 aromatic carbocycles. The first-order chi connectivity index (χ1) is 19.4. The Morgan fingerprint density at radius 2 is 0.513 bits per heavy atom. The fourth-order valence-corrected chi connectivity index (χ4v) is 3.86. The van der Waals surface area contributed by atoms with Crippen molar-refractivity contribution in [2.75, 3.05) is 123 Å². The molecule has 0 N–H and O–H groups in total. The Morgan fingerprint density at radius 3 is 0.769 bits per heavy atom. The van der Waals surface area contributed by atoms with Crippen molar-refractivity contribution in [1.29, 1.82) is 0 Å². The summed E-state index contributed by atoms with van der Waals surface area (Å²) in [5.41, 5.74) is 0. The van der Waals surface area contributed by atoms with Crippen LogP contribution in [-0.4, -0.2) is 123 Å². The first-order valence-corrected chi connectivity index (χ1v) is 16.7. The minimum absolute atomic E-state index is 0.543. The lowest BCUT2D eigenvalue weighted by atomic mass is 10.2. The number of ether oxygens (including phenoxy) is 9. The molecule has 9 nitrogen and oxygen atoms in total. The summed E-state index contributed by atoms with van der Waals surface area (Å²) in [7, 11) is 0. The third kappa shape index (κ3) is 38.4. The van der Waals surface area contributed by atoms with Gasteiger partial charge in [-0.25, -0.2) is 0 Å². The molecule has 0 bridgehead atoms. The molecular weight excluding hydrogens is 619 g/mol. The molecule has 39 heavy (non-hydrogen) atoms. The molecule has 0 aromatic heterocycles. The van der Waals surface area contributed by atoms with E-state index in [0.717, 1.165) is 26.1 Å². The van der Waals surface area contributed by atoms with Crippen molar-refractivity contribution in [2.24, 2.45) is 0 Å². The molecule has 0 atom stereocenters. The van der Waals surface area contributed by atoms with E-state index in [1.165, 1.54) is 49.4 Å². The Hall–Kier alpha value is 0.370. The van der Waals surface area contributed by atoms with Crippen molar-refractivity contribution in [3.63, 3.8) is 0 Å². The van der Waals surface area contributed by atoms with Crippen molar-refractivity contribution in [3.8, 4) is 0 Å². The van der Waals surface area contributed by atoms with Gasteiger partial charge in [0, 0.05) is 13.2 Å². The summed E-state index contributed by atoms with van der Waals surface area (Å²) < 4.78 is 50.8. The minimum atomic E-state index is 0.543. The van der Waals surface area contributed by atoms with Gasteiger partial charge in [0.2, 0.25) is 0 Å². The minimum Gasteiger partial charge on any atom is -0.379 e. The molecule has 0 rings (SSSR count). The average molecular weight is 679 g/mol. The zero-order chi connectivity index (χ0) is 28.2. The second kappa shape index (κ2) is 38.4. The maximum absolute atomic E-state index is 5.56. The molecule has 10 heteroatoms. The van der Waals surface area contributed by atoms with Gasteiger partial charge in [-0.3, -0.25) is 0 Å². The van der Waals surface area contributed by atoms with E-state index < -0.39 is 0 Å². The van der Waals surface area contributed by atoms with Gasteiger partial charge in [-0.2, -0.15) is 0 Å². The lowest BCUT2D eigenvalue weighted by Crippen LogP contribution is -2.15. The molecule has 0 aliphatic heterocycles. The van der Waals surface area contributed by atoms with Crippen LogP contribution in [0.2, 0.25) is 0 Å². The number of halogens is 1. The normalized spacial score (nSPS) is 11.5. The molecule has 0 fully saturated rings. The Morgan fingerprint density at radius 1 is 0.282 bits per heavy atom. The third-order valence-corrected chi connectivity index (χ3v) is 6.30. The summed E-state index contributed by atoms with van der Waals surface area (Å²) in [6.07, 6.45) is 11.3. The van der Waals surface area contributed by atoms with Gasteiger partial charge in [-0.15, -0.1) is 0 Å². The Kier molecular flexibility index (Phi) is 38.7. The van der Waals surface area contributed by atoms with Crippen molar-refractivity contribution in [3.05, 3.63) is 0 Å². The summed E-state index contributed by atoms with van der Waals surface area (Å²) in [5.74, 6) is 0. The zero-order valence-corrected chi connectivity index (χ0v) is 27.0. The number of hydrogen-bond donors (Lipinski definition) is 0. The van der Waals surface area contributed by atoms with Crippen molar-refractivity contribution in [2.45, 2.75) is 64.7 Å². The smallest absolute Gasteiger partial charge is 0.0701 e. The van der Waals surface area contributed by atoms with Crippen molar-refractivity contribution in [1.82, 2.24) is 0 Å². The highest BCUT2D eigenvalue weighted by Crippen LogP contribution is 2.03. The van der Waals surface area contributed by atoms with E-state index >= 15 is 0 Å². The summed E-state index contributed by atoms with van der Waals surface area (Å²) >= 11 is 2.42. The standard InChI is InChI=1S/C29H59IO9/c1-2-3-4-6-9-12-31-14-16-33-18-20-35-22-24-37-26-28-39-29-27-38-25-23-36-21-19-34-17-15-32-13-10-7-5-8-11-30/h2-29H2,1H3. The molecule has 0 aromatic rings. The molecule has 236 valence electrons. The fraction of sp³-hybridized carbons (Fsp3) is 1.00. The van der Waals surface area contributed by atoms with Gasteiger partial charge in [-0.1, -0.05) is 68.0 Å². The molecule has 0 amide bonds. The van der Waals surface area contributed by atoms with E-state index in [0.29, 0.717) is 106 Å². The molecule has 0 heterocycles. The van der Waals surface area contributed by atoms with Crippen LogP contribution in [0.15, 0.2) is 0 Å². The Labute approximate surface area is 252 Å². The topological polar surface area (TPSA) is 83.1 Å². The van der Waals surface area contributed by atoms with Crippen LogP contribution >= 0.6 is 22.6 Å². The van der Waals surface area contributed by atoms with E-state index in [1.807, 2.05) is 0 Å². The quantitative estimate of drug-likeness (QED) is 0.0511. The van der Waals surface area contributed by atoms with Gasteiger partial charge >= 0.3 is 0 Å². The van der Waals surface area contributed by atoms with Crippen LogP contribution in [0.4, 0.5) is 0 Å². The van der Waals surface area contributed by atoms with Crippen LogP contribution in [0.1, 0.15) is 64.7 Å². The monoisotopic (exact) mass is 678 g/mol. The van der Waals surface area contributed by atoms with E-state index in [2.05, 4.69) is 29.5 Å². The van der Waals surface area contributed by atoms with E-state index in [-0.39, 0.29) is 0 Å². The van der Waals surface area contributed by atoms with Crippen LogP contribution in [0.3, 0.4) is 0 Å². The van der Waals surface area contributed by atoms with Crippen molar-refractivity contribution < 1.29 is 42.6 Å². The summed E-state index contributed by atoms with van der Waals surface area (Å²) in [4.78, 5) is 0. The maximum atomic E-state index is 5.56. The predicted molar refractivity (Wildman–Crippen MR) is 163 cm³/mol. The number of alkyl halides is 1. The molecular formula is C29H59IO9. The first kappa shape index (κ1) is 39.4. The summed E-state index contributed by atoms with van der Waals surface area (Å²) in [5, 5.41) is 0. The first-order valence-electron chi connectivity index (χ1n) is 15.2. The van der Waals surface area contributed by atoms with Crippen molar-refractivity contribution >= 4 is 22.6 Å². The van der Waals surface area contributed by atoms with E-state index in [1.54, 1.807) is 0 Å². The van der Waals surface area contributed by atoms with Crippen LogP contribution in [0, 0.1) is 0 Å². The second-order valence-corrected chi connectivity index (χ2v) is 10.1. The summed E-state index contributed by atoms with van der Waals surface area (Å²) in [6, 6.07) is 0. The maximum Gasteiger partial charge on any atom is 0.0701 e. The molecule has 0 saturated carbocycles.